The van der Waals surface area contributed by atoms with Crippen LogP contribution >= 0.6 is 0 Å². The highest BCUT2D eigenvalue weighted by Crippen LogP contribution is 2.24. The summed E-state index contributed by atoms with van der Waals surface area (Å²) in [6.45, 7) is 7.52. The average molecular weight is 349 g/mol. The molecule has 0 unspecified atom stereocenters. The molecule has 1 amide bonds. The lowest BCUT2D eigenvalue weighted by molar-refractivity contribution is 0.0136. The monoisotopic (exact) mass is 349 g/mol. The molecule has 0 radical (unpaired) electrons. The standard InChI is InChI=1S/C20H23N5O/c1-20(2)15-24(11-12-25(20)13-16-7-4-3-5-8-16)18(26)17-14-23-10-6-9-21-19(23)22-17/h3-10,14H,11-13,15H2,1-2H3. The minimum atomic E-state index is -0.0961. The van der Waals surface area contributed by atoms with Gasteiger partial charge in [0, 0.05) is 50.3 Å². The SMILES string of the molecule is CC1(C)CN(C(=O)c2cn3cccnc3n2)CCN1Cc1ccccc1. The van der Waals surface area contributed by atoms with Gasteiger partial charge in [0.1, 0.15) is 5.69 Å². The molecule has 3 heterocycles. The summed E-state index contributed by atoms with van der Waals surface area (Å²) >= 11 is 0. The van der Waals surface area contributed by atoms with Crippen molar-refractivity contribution < 1.29 is 4.79 Å². The molecule has 0 saturated carbocycles. The summed E-state index contributed by atoms with van der Waals surface area (Å²) in [7, 11) is 0. The van der Waals surface area contributed by atoms with Gasteiger partial charge in [-0.05, 0) is 25.5 Å². The topological polar surface area (TPSA) is 53.7 Å². The number of hydrogen-bond donors (Lipinski definition) is 0. The van der Waals surface area contributed by atoms with Gasteiger partial charge >= 0.3 is 0 Å². The van der Waals surface area contributed by atoms with Crippen molar-refractivity contribution in [3.05, 3.63) is 66.2 Å². The van der Waals surface area contributed by atoms with E-state index in [-0.39, 0.29) is 11.4 Å². The van der Waals surface area contributed by atoms with Gasteiger partial charge < -0.3 is 4.90 Å². The van der Waals surface area contributed by atoms with Crippen molar-refractivity contribution in [1.29, 1.82) is 0 Å². The van der Waals surface area contributed by atoms with Gasteiger partial charge in [-0.3, -0.25) is 14.1 Å². The fourth-order valence-electron chi connectivity index (χ4n) is 3.56. The highest BCUT2D eigenvalue weighted by atomic mass is 16.2. The minimum absolute atomic E-state index is 0.0251. The van der Waals surface area contributed by atoms with Crippen molar-refractivity contribution in [3.63, 3.8) is 0 Å². The maximum Gasteiger partial charge on any atom is 0.274 e. The normalized spacial score (nSPS) is 17.5. The molecular weight excluding hydrogens is 326 g/mol. The van der Waals surface area contributed by atoms with Crippen LogP contribution in [0.25, 0.3) is 5.78 Å². The van der Waals surface area contributed by atoms with Crippen molar-refractivity contribution in [2.45, 2.75) is 25.9 Å². The van der Waals surface area contributed by atoms with Crippen LogP contribution < -0.4 is 0 Å². The van der Waals surface area contributed by atoms with E-state index in [4.69, 9.17) is 0 Å². The van der Waals surface area contributed by atoms with E-state index < -0.39 is 0 Å². The lowest BCUT2D eigenvalue weighted by Crippen LogP contribution is -2.60. The van der Waals surface area contributed by atoms with Gasteiger partial charge in [0.2, 0.25) is 5.78 Å². The Hall–Kier alpha value is -2.73. The van der Waals surface area contributed by atoms with Gasteiger partial charge in [0.05, 0.1) is 0 Å². The lowest BCUT2D eigenvalue weighted by atomic mass is 9.97. The third-order valence-corrected chi connectivity index (χ3v) is 5.03. The van der Waals surface area contributed by atoms with Crippen LogP contribution in [-0.4, -0.2) is 55.2 Å². The smallest absolute Gasteiger partial charge is 0.274 e. The Balaban J connectivity index is 1.49. The Labute approximate surface area is 153 Å². The van der Waals surface area contributed by atoms with Crippen LogP contribution in [0.5, 0.6) is 0 Å². The number of rotatable bonds is 3. The van der Waals surface area contributed by atoms with Gasteiger partial charge in [-0.1, -0.05) is 30.3 Å². The molecule has 0 atom stereocenters. The van der Waals surface area contributed by atoms with Crippen LogP contribution in [0, 0.1) is 0 Å². The summed E-state index contributed by atoms with van der Waals surface area (Å²) in [6.07, 6.45) is 5.30. The van der Waals surface area contributed by atoms with Crippen molar-refractivity contribution in [1.82, 2.24) is 24.2 Å². The largest absolute Gasteiger partial charge is 0.334 e. The number of aromatic nitrogens is 3. The van der Waals surface area contributed by atoms with E-state index in [1.54, 1.807) is 16.8 Å². The zero-order chi connectivity index (χ0) is 18.1. The molecule has 6 heteroatoms. The fraction of sp³-hybridized carbons (Fsp3) is 0.350. The van der Waals surface area contributed by atoms with Gasteiger partial charge in [-0.15, -0.1) is 0 Å². The second-order valence-corrected chi connectivity index (χ2v) is 7.40. The quantitative estimate of drug-likeness (QED) is 0.729. The minimum Gasteiger partial charge on any atom is -0.334 e. The molecule has 4 rings (SSSR count). The van der Waals surface area contributed by atoms with E-state index >= 15 is 0 Å². The number of amides is 1. The molecule has 0 spiro atoms. The number of nitrogens with zero attached hydrogens (tertiary/aromatic N) is 5. The molecule has 0 bridgehead atoms. The summed E-state index contributed by atoms with van der Waals surface area (Å²) in [5.74, 6) is 0.528. The Morgan fingerprint density at radius 3 is 2.69 bits per heavy atom. The van der Waals surface area contributed by atoms with Crippen molar-refractivity contribution in [2.24, 2.45) is 0 Å². The lowest BCUT2D eigenvalue weighted by Gasteiger charge is -2.47. The Morgan fingerprint density at radius 1 is 1.15 bits per heavy atom. The Morgan fingerprint density at radius 2 is 1.96 bits per heavy atom. The Kier molecular flexibility index (Phi) is 4.20. The summed E-state index contributed by atoms with van der Waals surface area (Å²) in [6, 6.07) is 12.3. The van der Waals surface area contributed by atoms with E-state index in [2.05, 4.69) is 53.0 Å². The molecule has 6 nitrogen and oxygen atoms in total. The molecule has 3 aromatic rings. The zero-order valence-corrected chi connectivity index (χ0v) is 15.2. The molecule has 0 aliphatic carbocycles. The predicted molar refractivity (Wildman–Crippen MR) is 99.8 cm³/mol. The van der Waals surface area contributed by atoms with Crippen LogP contribution in [0.1, 0.15) is 29.9 Å². The zero-order valence-electron chi connectivity index (χ0n) is 15.2. The second-order valence-electron chi connectivity index (χ2n) is 7.40. The molecule has 0 N–H and O–H groups in total. The van der Waals surface area contributed by atoms with E-state index in [1.165, 1.54) is 5.56 Å². The van der Waals surface area contributed by atoms with Crippen LogP contribution in [-0.2, 0) is 6.54 Å². The van der Waals surface area contributed by atoms with Gasteiger partial charge in [0.25, 0.3) is 5.91 Å². The van der Waals surface area contributed by atoms with Gasteiger partial charge in [0.15, 0.2) is 0 Å². The van der Waals surface area contributed by atoms with Crippen LogP contribution in [0.3, 0.4) is 0 Å². The summed E-state index contributed by atoms with van der Waals surface area (Å²) < 4.78 is 1.78. The summed E-state index contributed by atoms with van der Waals surface area (Å²) in [5.41, 5.74) is 1.66. The number of benzene rings is 1. The summed E-state index contributed by atoms with van der Waals surface area (Å²) in [4.78, 5) is 25.8. The molecule has 1 saturated heterocycles. The first-order valence-electron chi connectivity index (χ1n) is 8.91. The van der Waals surface area contributed by atoms with Crippen molar-refractivity contribution in [2.75, 3.05) is 19.6 Å². The third kappa shape index (κ3) is 3.20. The number of carbonyl (C=O) groups is 1. The second kappa shape index (κ2) is 6.53. The van der Waals surface area contributed by atoms with Gasteiger partial charge in [-0.25, -0.2) is 9.97 Å². The number of fused-ring (bicyclic) bond motifs is 1. The van der Waals surface area contributed by atoms with Crippen LogP contribution in [0.4, 0.5) is 0 Å². The highest BCUT2D eigenvalue weighted by Gasteiger charge is 2.36. The first kappa shape index (κ1) is 16.7. The van der Waals surface area contributed by atoms with E-state index in [1.807, 2.05) is 23.2 Å². The van der Waals surface area contributed by atoms with E-state index in [0.29, 0.717) is 24.6 Å². The average Bonchev–Trinajstić information content (AvgIpc) is 3.07. The molecule has 26 heavy (non-hydrogen) atoms. The molecule has 1 fully saturated rings. The number of hydrogen-bond acceptors (Lipinski definition) is 4. The number of piperazine rings is 1. The van der Waals surface area contributed by atoms with Gasteiger partial charge in [-0.2, -0.15) is 0 Å². The number of imidazole rings is 1. The fourth-order valence-corrected chi connectivity index (χ4v) is 3.56. The molecular formula is C20H23N5O. The predicted octanol–water partition coefficient (Wildman–Crippen LogP) is 2.47. The van der Waals surface area contributed by atoms with Crippen molar-refractivity contribution >= 4 is 11.7 Å². The summed E-state index contributed by atoms with van der Waals surface area (Å²) in [5, 5.41) is 0. The maximum absolute atomic E-state index is 12.9. The van der Waals surface area contributed by atoms with Crippen LogP contribution in [0.2, 0.25) is 0 Å². The third-order valence-electron chi connectivity index (χ3n) is 5.03. The van der Waals surface area contributed by atoms with Crippen molar-refractivity contribution in [3.8, 4) is 0 Å². The van der Waals surface area contributed by atoms with E-state index in [0.717, 1.165) is 13.1 Å². The molecule has 2 aromatic heterocycles. The van der Waals surface area contributed by atoms with Crippen LogP contribution in [0.15, 0.2) is 55.0 Å². The first-order chi connectivity index (χ1) is 12.5. The Bertz CT molecular complexity index is 885. The van der Waals surface area contributed by atoms with E-state index in [9.17, 15) is 4.79 Å². The first-order valence-corrected chi connectivity index (χ1v) is 8.91. The molecule has 1 aromatic carbocycles. The number of carbonyl (C=O) groups excluding carboxylic acids is 1. The highest BCUT2D eigenvalue weighted by molar-refractivity contribution is 5.93. The molecule has 1 aliphatic heterocycles. The maximum atomic E-state index is 12.9. The molecule has 134 valence electrons. The molecule has 1 aliphatic rings.